The van der Waals surface area contributed by atoms with Crippen molar-refractivity contribution in [1.82, 2.24) is 9.13 Å². The van der Waals surface area contributed by atoms with E-state index in [4.69, 9.17) is 0 Å². The third kappa shape index (κ3) is 5.11. The van der Waals surface area contributed by atoms with Gasteiger partial charge in [-0.2, -0.15) is 0 Å². The van der Waals surface area contributed by atoms with Crippen LogP contribution in [0.5, 0.6) is 0 Å². The van der Waals surface area contributed by atoms with Gasteiger partial charge in [-0.1, -0.05) is 30.3 Å². The lowest BCUT2D eigenvalue weighted by Gasteiger charge is -2.14. The molecule has 0 fully saturated rings. The molecule has 0 spiro atoms. The number of aromatic nitrogens is 2. The summed E-state index contributed by atoms with van der Waals surface area (Å²) in [4.78, 5) is 38.3. The molecule has 0 saturated heterocycles. The molecule has 4 rings (SSSR count). The minimum atomic E-state index is -0.525. The summed E-state index contributed by atoms with van der Waals surface area (Å²) in [5.74, 6) is -1.06. The van der Waals surface area contributed by atoms with Crippen LogP contribution in [0.2, 0.25) is 0 Å². The van der Waals surface area contributed by atoms with E-state index in [1.165, 1.54) is 34.9 Å². The molecule has 1 amide bonds. The summed E-state index contributed by atoms with van der Waals surface area (Å²) in [6.45, 7) is 0.121. The van der Waals surface area contributed by atoms with Gasteiger partial charge in [0.2, 0.25) is 5.91 Å². The summed E-state index contributed by atoms with van der Waals surface area (Å²) in [6.07, 6.45) is 1.05. The number of unbranched alkanes of at least 4 members (excludes halogenated alkanes) is 1. The van der Waals surface area contributed by atoms with Gasteiger partial charge in [-0.05, 0) is 55.3 Å². The molecule has 174 valence electrons. The van der Waals surface area contributed by atoms with Crippen LogP contribution in [0.1, 0.15) is 24.8 Å². The van der Waals surface area contributed by atoms with Gasteiger partial charge in [0.1, 0.15) is 11.6 Å². The lowest BCUT2D eigenvalue weighted by Crippen LogP contribution is -2.40. The Balaban J connectivity index is 1.50. The Labute approximate surface area is 194 Å². The number of hydrogen-bond acceptors (Lipinski definition) is 3. The maximum atomic E-state index is 14.2. The highest BCUT2D eigenvalue weighted by molar-refractivity contribution is 5.90. The van der Waals surface area contributed by atoms with Crippen LogP contribution in [0.4, 0.5) is 14.5 Å². The average molecular weight is 463 g/mol. The highest BCUT2D eigenvalue weighted by atomic mass is 19.1. The van der Waals surface area contributed by atoms with Crippen molar-refractivity contribution in [2.24, 2.45) is 0 Å². The van der Waals surface area contributed by atoms with E-state index < -0.39 is 17.1 Å². The van der Waals surface area contributed by atoms with Crippen LogP contribution < -0.4 is 16.6 Å². The van der Waals surface area contributed by atoms with Gasteiger partial charge in [0, 0.05) is 24.2 Å². The third-order valence-electron chi connectivity index (χ3n) is 5.58. The summed E-state index contributed by atoms with van der Waals surface area (Å²) in [7, 11) is 0. The first-order valence-electron chi connectivity index (χ1n) is 11.0. The fourth-order valence-corrected chi connectivity index (χ4v) is 3.83. The molecule has 0 bridgehead atoms. The molecule has 0 aliphatic heterocycles. The van der Waals surface area contributed by atoms with Crippen molar-refractivity contribution in [3.8, 4) is 0 Å². The second kappa shape index (κ2) is 10.2. The SMILES string of the molecule is O=C(CCCCn1c(=O)c2ccccc2n(Cc2ccccc2F)c1=O)Nc1ccc(F)cc1. The zero-order valence-corrected chi connectivity index (χ0v) is 18.3. The summed E-state index contributed by atoms with van der Waals surface area (Å²) in [6, 6.07) is 18.4. The largest absolute Gasteiger partial charge is 0.331 e. The van der Waals surface area contributed by atoms with E-state index >= 15 is 0 Å². The van der Waals surface area contributed by atoms with Crippen LogP contribution in [0, 0.1) is 11.6 Å². The van der Waals surface area contributed by atoms with Crippen molar-refractivity contribution in [2.75, 3.05) is 5.32 Å². The van der Waals surface area contributed by atoms with Gasteiger partial charge in [-0.3, -0.25) is 18.7 Å². The fraction of sp³-hybridized carbons (Fsp3) is 0.192. The van der Waals surface area contributed by atoms with Gasteiger partial charge in [0.05, 0.1) is 17.4 Å². The number of nitrogens with one attached hydrogen (secondary N) is 1. The lowest BCUT2D eigenvalue weighted by atomic mass is 10.2. The van der Waals surface area contributed by atoms with Gasteiger partial charge in [-0.25, -0.2) is 13.6 Å². The molecule has 34 heavy (non-hydrogen) atoms. The zero-order valence-electron chi connectivity index (χ0n) is 18.3. The van der Waals surface area contributed by atoms with Crippen molar-refractivity contribution in [1.29, 1.82) is 0 Å². The molecule has 0 radical (unpaired) electrons. The fourth-order valence-electron chi connectivity index (χ4n) is 3.83. The van der Waals surface area contributed by atoms with E-state index in [0.717, 1.165) is 4.57 Å². The standard InChI is InChI=1S/C26H23F2N3O3/c27-19-12-14-20(15-13-19)29-24(32)11-5-6-16-30-25(33)21-8-2-4-10-23(21)31(26(30)34)17-18-7-1-3-9-22(18)28/h1-4,7-10,12-15H,5-6,11,16-17H2,(H,29,32). The number of anilines is 1. The molecular weight excluding hydrogens is 440 g/mol. The van der Waals surface area contributed by atoms with Crippen LogP contribution >= 0.6 is 0 Å². The van der Waals surface area contributed by atoms with Gasteiger partial charge < -0.3 is 5.32 Å². The normalized spacial score (nSPS) is 11.0. The van der Waals surface area contributed by atoms with E-state index in [-0.39, 0.29) is 31.2 Å². The van der Waals surface area contributed by atoms with Crippen molar-refractivity contribution in [3.05, 3.63) is 111 Å². The second-order valence-electron chi connectivity index (χ2n) is 7.95. The van der Waals surface area contributed by atoms with Crippen molar-refractivity contribution in [3.63, 3.8) is 0 Å². The van der Waals surface area contributed by atoms with E-state index in [0.29, 0.717) is 35.0 Å². The second-order valence-corrected chi connectivity index (χ2v) is 7.95. The highest BCUT2D eigenvalue weighted by Gasteiger charge is 2.14. The molecule has 0 aliphatic carbocycles. The van der Waals surface area contributed by atoms with Gasteiger partial charge in [0.25, 0.3) is 5.56 Å². The molecule has 8 heteroatoms. The Morgan fingerprint density at radius 1 is 0.824 bits per heavy atom. The molecular formula is C26H23F2N3O3. The summed E-state index contributed by atoms with van der Waals surface area (Å²) in [5.41, 5.74) is 0.338. The summed E-state index contributed by atoms with van der Waals surface area (Å²) < 4.78 is 29.8. The molecule has 0 unspecified atom stereocenters. The number of hydrogen-bond donors (Lipinski definition) is 1. The zero-order chi connectivity index (χ0) is 24.1. The predicted molar refractivity (Wildman–Crippen MR) is 127 cm³/mol. The number of fused-ring (bicyclic) bond motifs is 1. The van der Waals surface area contributed by atoms with Crippen molar-refractivity contribution in [2.45, 2.75) is 32.4 Å². The number of para-hydroxylation sites is 1. The minimum Gasteiger partial charge on any atom is -0.326 e. The van der Waals surface area contributed by atoms with E-state index in [1.54, 1.807) is 42.5 Å². The Morgan fingerprint density at radius 3 is 2.29 bits per heavy atom. The summed E-state index contributed by atoms with van der Waals surface area (Å²) in [5, 5.41) is 3.05. The molecule has 6 nitrogen and oxygen atoms in total. The summed E-state index contributed by atoms with van der Waals surface area (Å²) >= 11 is 0. The highest BCUT2D eigenvalue weighted by Crippen LogP contribution is 2.13. The van der Waals surface area contributed by atoms with Gasteiger partial charge in [-0.15, -0.1) is 0 Å². The number of halogens is 2. The smallest absolute Gasteiger partial charge is 0.326 e. The van der Waals surface area contributed by atoms with Crippen LogP contribution in [0.25, 0.3) is 10.9 Å². The molecule has 3 aromatic carbocycles. The minimum absolute atomic E-state index is 0.00756. The first kappa shape index (κ1) is 23.1. The molecule has 1 N–H and O–H groups in total. The number of carbonyl (C=O) groups excluding carboxylic acids is 1. The van der Waals surface area contributed by atoms with E-state index in [2.05, 4.69) is 5.32 Å². The molecule has 0 aliphatic rings. The Kier molecular flexibility index (Phi) is 6.96. The van der Waals surface area contributed by atoms with Crippen molar-refractivity contribution >= 4 is 22.5 Å². The molecule has 1 aromatic heterocycles. The average Bonchev–Trinajstić information content (AvgIpc) is 2.84. The molecule has 0 atom stereocenters. The van der Waals surface area contributed by atoms with Crippen LogP contribution in [0.15, 0.2) is 82.4 Å². The number of amides is 1. The van der Waals surface area contributed by atoms with Crippen molar-refractivity contribution < 1.29 is 13.6 Å². The maximum absolute atomic E-state index is 14.2. The number of rotatable bonds is 8. The third-order valence-corrected chi connectivity index (χ3v) is 5.58. The first-order chi connectivity index (χ1) is 16.4. The lowest BCUT2D eigenvalue weighted by molar-refractivity contribution is -0.116. The topological polar surface area (TPSA) is 73.1 Å². The van der Waals surface area contributed by atoms with E-state index in [9.17, 15) is 23.2 Å². The number of benzene rings is 3. The van der Waals surface area contributed by atoms with Gasteiger partial charge >= 0.3 is 5.69 Å². The Morgan fingerprint density at radius 2 is 1.53 bits per heavy atom. The number of nitrogens with zero attached hydrogens (tertiary/aromatic N) is 2. The molecule has 0 saturated carbocycles. The quantitative estimate of drug-likeness (QED) is 0.396. The van der Waals surface area contributed by atoms with Gasteiger partial charge in [0.15, 0.2) is 0 Å². The van der Waals surface area contributed by atoms with Crippen LogP contribution in [-0.2, 0) is 17.9 Å². The van der Waals surface area contributed by atoms with Crippen LogP contribution in [-0.4, -0.2) is 15.0 Å². The Bertz CT molecular complexity index is 1440. The molecule has 4 aromatic rings. The van der Waals surface area contributed by atoms with Crippen LogP contribution in [0.3, 0.4) is 0 Å². The maximum Gasteiger partial charge on any atom is 0.331 e. The monoisotopic (exact) mass is 463 g/mol. The Hall–Kier alpha value is -4.07. The predicted octanol–water partition coefficient (Wildman–Crippen LogP) is 4.30. The first-order valence-corrected chi connectivity index (χ1v) is 11.0. The number of carbonyl (C=O) groups is 1. The van der Waals surface area contributed by atoms with E-state index in [1.807, 2.05) is 0 Å². The molecule has 1 heterocycles.